The van der Waals surface area contributed by atoms with Gasteiger partial charge in [0.25, 0.3) is 0 Å². The second kappa shape index (κ2) is 4.12. The quantitative estimate of drug-likeness (QED) is 0.859. The summed E-state index contributed by atoms with van der Waals surface area (Å²) in [6, 6.07) is 8.30. The van der Waals surface area contributed by atoms with E-state index in [4.69, 9.17) is 0 Å². The maximum Gasteiger partial charge on any atom is 0.122 e. The number of para-hydroxylation sites is 1. The van der Waals surface area contributed by atoms with E-state index in [1.54, 1.807) is 13.8 Å². The number of H-pyrrole nitrogens is 1. The van der Waals surface area contributed by atoms with Crippen molar-refractivity contribution in [3.05, 3.63) is 41.2 Å². The lowest BCUT2D eigenvalue weighted by Crippen LogP contribution is -2.35. The average Bonchev–Trinajstić information content (AvgIpc) is 2.66. The van der Waals surface area contributed by atoms with Gasteiger partial charge in [-0.15, -0.1) is 0 Å². The molecule has 0 fully saturated rings. The average molecular weight is 258 g/mol. The van der Waals surface area contributed by atoms with Crippen LogP contribution in [0.2, 0.25) is 0 Å². The standard InChI is InChI=1S/C16H19FN2/c1-11-8-13-12-6-4-5-7-14(12)18-15(13)9-19(11)10-16(2,3)17/h4-8,18H,9-10H2,1-3H3. The van der Waals surface area contributed by atoms with E-state index in [2.05, 4.69) is 41.1 Å². The van der Waals surface area contributed by atoms with Gasteiger partial charge < -0.3 is 9.88 Å². The van der Waals surface area contributed by atoms with Gasteiger partial charge in [-0.2, -0.15) is 0 Å². The molecule has 0 unspecified atom stereocenters. The van der Waals surface area contributed by atoms with E-state index < -0.39 is 5.67 Å². The van der Waals surface area contributed by atoms with Crippen LogP contribution in [-0.4, -0.2) is 22.1 Å². The van der Waals surface area contributed by atoms with Crippen LogP contribution >= 0.6 is 0 Å². The van der Waals surface area contributed by atoms with Gasteiger partial charge in [-0.25, -0.2) is 4.39 Å². The SMILES string of the molecule is CC1=Cc2c([nH]c3ccccc23)CN1CC(C)(C)F. The number of hydrogen-bond acceptors (Lipinski definition) is 1. The summed E-state index contributed by atoms with van der Waals surface area (Å²) in [7, 11) is 0. The minimum Gasteiger partial charge on any atom is -0.366 e. The first-order valence-electron chi connectivity index (χ1n) is 6.66. The first kappa shape index (κ1) is 12.3. The maximum absolute atomic E-state index is 13.8. The van der Waals surface area contributed by atoms with E-state index in [0.717, 1.165) is 17.8 Å². The molecule has 2 heterocycles. The van der Waals surface area contributed by atoms with Gasteiger partial charge in [0.1, 0.15) is 5.67 Å². The van der Waals surface area contributed by atoms with Crippen molar-refractivity contribution in [2.24, 2.45) is 0 Å². The van der Waals surface area contributed by atoms with Crippen LogP contribution in [0.3, 0.4) is 0 Å². The van der Waals surface area contributed by atoms with Crippen molar-refractivity contribution in [1.29, 1.82) is 0 Å². The second-order valence-corrected chi connectivity index (χ2v) is 5.92. The van der Waals surface area contributed by atoms with Crippen molar-refractivity contribution >= 4 is 17.0 Å². The third-order valence-electron chi connectivity index (χ3n) is 3.60. The zero-order valence-corrected chi connectivity index (χ0v) is 11.6. The van der Waals surface area contributed by atoms with Gasteiger partial charge in [-0.3, -0.25) is 0 Å². The first-order valence-corrected chi connectivity index (χ1v) is 6.66. The number of aromatic amines is 1. The normalized spacial score (nSPS) is 15.6. The van der Waals surface area contributed by atoms with Crippen LogP contribution in [0.25, 0.3) is 17.0 Å². The van der Waals surface area contributed by atoms with E-state index >= 15 is 0 Å². The van der Waals surface area contributed by atoms with Gasteiger partial charge in [0.05, 0.1) is 13.1 Å². The Morgan fingerprint density at radius 2 is 2.05 bits per heavy atom. The highest BCUT2D eigenvalue weighted by Gasteiger charge is 2.25. The monoisotopic (exact) mass is 258 g/mol. The highest BCUT2D eigenvalue weighted by atomic mass is 19.1. The molecule has 1 N–H and O–H groups in total. The van der Waals surface area contributed by atoms with Crippen LogP contribution in [0.1, 0.15) is 32.0 Å². The molecule has 2 aromatic rings. The fourth-order valence-electron chi connectivity index (χ4n) is 2.76. The predicted molar refractivity (Wildman–Crippen MR) is 77.5 cm³/mol. The van der Waals surface area contributed by atoms with Crippen LogP contribution in [-0.2, 0) is 6.54 Å². The summed E-state index contributed by atoms with van der Waals surface area (Å²) in [5.41, 5.74) is 3.52. The van der Waals surface area contributed by atoms with E-state index in [0.29, 0.717) is 6.54 Å². The van der Waals surface area contributed by atoms with Gasteiger partial charge in [0, 0.05) is 27.9 Å². The molecule has 0 aliphatic carbocycles. The van der Waals surface area contributed by atoms with Crippen LogP contribution < -0.4 is 0 Å². The second-order valence-electron chi connectivity index (χ2n) is 5.92. The van der Waals surface area contributed by atoms with E-state index in [-0.39, 0.29) is 0 Å². The Hall–Kier alpha value is -1.77. The lowest BCUT2D eigenvalue weighted by atomic mass is 10.0. The lowest BCUT2D eigenvalue weighted by molar-refractivity contribution is 0.143. The minimum absolute atomic E-state index is 0.421. The molecule has 100 valence electrons. The Morgan fingerprint density at radius 1 is 1.32 bits per heavy atom. The van der Waals surface area contributed by atoms with Gasteiger partial charge in [-0.05, 0) is 32.9 Å². The van der Waals surface area contributed by atoms with Gasteiger partial charge in [-0.1, -0.05) is 18.2 Å². The topological polar surface area (TPSA) is 19.0 Å². The summed E-state index contributed by atoms with van der Waals surface area (Å²) in [5, 5.41) is 1.25. The molecule has 19 heavy (non-hydrogen) atoms. The molecule has 0 atom stereocenters. The zero-order valence-electron chi connectivity index (χ0n) is 11.6. The Kier molecular flexibility index (Phi) is 2.66. The van der Waals surface area contributed by atoms with Crippen molar-refractivity contribution in [2.75, 3.05) is 6.54 Å². The van der Waals surface area contributed by atoms with Crippen molar-refractivity contribution in [1.82, 2.24) is 9.88 Å². The summed E-state index contributed by atoms with van der Waals surface area (Å²) in [5.74, 6) is 0. The number of benzene rings is 1. The highest BCUT2D eigenvalue weighted by Crippen LogP contribution is 2.31. The highest BCUT2D eigenvalue weighted by molar-refractivity contribution is 5.91. The zero-order chi connectivity index (χ0) is 13.6. The number of alkyl halides is 1. The van der Waals surface area contributed by atoms with Crippen LogP contribution in [0.15, 0.2) is 30.0 Å². The summed E-state index contributed by atoms with van der Waals surface area (Å²) >= 11 is 0. The molecule has 2 nitrogen and oxygen atoms in total. The number of nitrogens with zero attached hydrogens (tertiary/aromatic N) is 1. The molecule has 1 aromatic carbocycles. The maximum atomic E-state index is 13.8. The summed E-state index contributed by atoms with van der Waals surface area (Å²) in [6.07, 6.45) is 2.16. The summed E-state index contributed by atoms with van der Waals surface area (Å²) < 4.78 is 13.8. The molecular weight excluding hydrogens is 239 g/mol. The number of allylic oxidation sites excluding steroid dienone is 1. The molecule has 3 rings (SSSR count). The number of halogens is 1. The Bertz CT molecular complexity index is 646. The van der Waals surface area contributed by atoms with Crippen LogP contribution in [0.5, 0.6) is 0 Å². The minimum atomic E-state index is -1.18. The molecule has 0 saturated heterocycles. The molecule has 3 heteroatoms. The number of nitrogens with one attached hydrogen (secondary N) is 1. The fourth-order valence-corrected chi connectivity index (χ4v) is 2.76. The molecule has 0 amide bonds. The lowest BCUT2D eigenvalue weighted by Gasteiger charge is -2.32. The molecule has 1 aromatic heterocycles. The molecule has 0 spiro atoms. The Morgan fingerprint density at radius 3 is 2.79 bits per heavy atom. The van der Waals surface area contributed by atoms with Crippen molar-refractivity contribution in [3.63, 3.8) is 0 Å². The predicted octanol–water partition coefficient (Wildman–Crippen LogP) is 4.09. The van der Waals surface area contributed by atoms with E-state index in [1.165, 1.54) is 16.6 Å². The van der Waals surface area contributed by atoms with Crippen LogP contribution in [0.4, 0.5) is 4.39 Å². The molecule has 0 bridgehead atoms. The molecule has 0 saturated carbocycles. The molecule has 1 aliphatic heterocycles. The Labute approximate surface area is 112 Å². The molecule has 0 radical (unpaired) electrons. The Balaban J connectivity index is 2.02. The van der Waals surface area contributed by atoms with Crippen molar-refractivity contribution in [3.8, 4) is 0 Å². The summed E-state index contributed by atoms with van der Waals surface area (Å²) in [6.45, 7) is 6.47. The number of fused-ring (bicyclic) bond motifs is 3. The summed E-state index contributed by atoms with van der Waals surface area (Å²) in [4.78, 5) is 5.54. The van der Waals surface area contributed by atoms with Gasteiger partial charge in [0.2, 0.25) is 0 Å². The van der Waals surface area contributed by atoms with Gasteiger partial charge in [0.15, 0.2) is 0 Å². The van der Waals surface area contributed by atoms with Crippen molar-refractivity contribution < 1.29 is 4.39 Å². The number of aromatic nitrogens is 1. The van der Waals surface area contributed by atoms with Gasteiger partial charge >= 0.3 is 0 Å². The molecular formula is C16H19FN2. The third kappa shape index (κ3) is 2.25. The third-order valence-corrected chi connectivity index (χ3v) is 3.60. The fraction of sp³-hybridized carbons (Fsp3) is 0.375. The van der Waals surface area contributed by atoms with Crippen LogP contribution in [0, 0.1) is 0 Å². The van der Waals surface area contributed by atoms with Crippen molar-refractivity contribution in [2.45, 2.75) is 33.0 Å². The van der Waals surface area contributed by atoms with E-state index in [9.17, 15) is 4.39 Å². The van der Waals surface area contributed by atoms with E-state index in [1.807, 2.05) is 6.07 Å². The largest absolute Gasteiger partial charge is 0.366 e. The number of hydrogen-bond donors (Lipinski definition) is 1. The molecule has 1 aliphatic rings. The first-order chi connectivity index (χ1) is 8.94. The smallest absolute Gasteiger partial charge is 0.122 e. The number of rotatable bonds is 2.